The minimum atomic E-state index is -0.154. The second kappa shape index (κ2) is 12.2. The Bertz CT molecular complexity index is 696. The minimum Gasteiger partial charge on any atom is -0.379 e. The molecule has 3 aliphatic heterocycles. The maximum Gasteiger partial charge on any atom is 0.223 e. The minimum absolute atomic E-state index is 0.0748. The van der Waals surface area contributed by atoms with E-state index in [-0.39, 0.29) is 36.3 Å². The standard InChI is InChI=1S/C26H48N6O3/c27-24(32-10-11-35-23-13-29-9-8-21(23)25(32)28)14-30-19-6-3-5-17(12-19)26(33)31-22-16-34-15-18-4-1-2-7-20(18)22/h17-25,29-30H,1-16,27-28H2,(H,31,33)/t17?,18?,19?,20?,21?,22-,23?,24?,25?/m0/s1. The zero-order valence-corrected chi connectivity index (χ0v) is 21.3. The van der Waals surface area contributed by atoms with Crippen molar-refractivity contribution >= 4 is 5.91 Å². The van der Waals surface area contributed by atoms with Crippen LogP contribution in [0.25, 0.3) is 0 Å². The molecule has 2 aliphatic carbocycles. The van der Waals surface area contributed by atoms with Crippen LogP contribution in [-0.4, -0.2) is 87.3 Å². The topological polar surface area (TPSA) is 127 Å². The Morgan fingerprint density at radius 1 is 1.09 bits per heavy atom. The molecule has 1 amide bonds. The van der Waals surface area contributed by atoms with Gasteiger partial charge in [0.1, 0.15) is 0 Å². The van der Waals surface area contributed by atoms with Crippen LogP contribution in [0.4, 0.5) is 0 Å². The molecule has 0 aromatic heterocycles. The summed E-state index contributed by atoms with van der Waals surface area (Å²) in [5, 5.41) is 10.5. The fourth-order valence-corrected chi connectivity index (χ4v) is 7.43. The number of nitrogens with two attached hydrogens (primary N) is 2. The molecule has 200 valence electrons. The number of hydrogen-bond acceptors (Lipinski definition) is 8. The fourth-order valence-electron chi connectivity index (χ4n) is 7.43. The van der Waals surface area contributed by atoms with E-state index in [1.165, 1.54) is 25.7 Å². The SMILES string of the molecule is NC(CNC1CCCC(C(=O)N[C@H]2COCC3CCCCC32)C1)N1CCOC2CNCCC2C1N. The summed E-state index contributed by atoms with van der Waals surface area (Å²) in [7, 11) is 0. The Balaban J connectivity index is 1.09. The third-order valence-corrected chi connectivity index (χ3v) is 9.51. The summed E-state index contributed by atoms with van der Waals surface area (Å²) in [6, 6.07) is 0.510. The van der Waals surface area contributed by atoms with Gasteiger partial charge >= 0.3 is 0 Å². The summed E-state index contributed by atoms with van der Waals surface area (Å²) in [5.74, 6) is 1.84. The molecule has 0 spiro atoms. The van der Waals surface area contributed by atoms with Crippen molar-refractivity contribution in [2.75, 3.05) is 46.0 Å². The van der Waals surface area contributed by atoms with E-state index in [0.29, 0.717) is 43.6 Å². The van der Waals surface area contributed by atoms with E-state index in [1.807, 2.05) is 0 Å². The number of hydrogen-bond donors (Lipinski definition) is 5. The first kappa shape index (κ1) is 25.8. The highest BCUT2D eigenvalue weighted by Gasteiger charge is 2.39. The van der Waals surface area contributed by atoms with E-state index in [9.17, 15) is 4.79 Å². The molecule has 0 bridgehead atoms. The third-order valence-electron chi connectivity index (χ3n) is 9.51. The number of carbonyl (C=O) groups is 1. The number of nitrogens with one attached hydrogen (secondary N) is 3. The van der Waals surface area contributed by atoms with Gasteiger partial charge in [0.05, 0.1) is 37.7 Å². The van der Waals surface area contributed by atoms with Crippen molar-refractivity contribution < 1.29 is 14.3 Å². The number of carbonyl (C=O) groups excluding carboxylic acids is 1. The molecule has 9 atom stereocenters. The van der Waals surface area contributed by atoms with Gasteiger partial charge in [-0.3, -0.25) is 9.69 Å². The van der Waals surface area contributed by atoms with Gasteiger partial charge in [-0.15, -0.1) is 0 Å². The number of ether oxygens (including phenoxy) is 2. The van der Waals surface area contributed by atoms with E-state index in [2.05, 4.69) is 20.9 Å². The van der Waals surface area contributed by atoms with E-state index >= 15 is 0 Å². The van der Waals surface area contributed by atoms with Crippen LogP contribution in [0.2, 0.25) is 0 Å². The Morgan fingerprint density at radius 3 is 2.89 bits per heavy atom. The maximum absolute atomic E-state index is 13.2. The second-order valence-corrected chi connectivity index (χ2v) is 11.7. The summed E-state index contributed by atoms with van der Waals surface area (Å²) >= 11 is 0. The highest BCUT2D eigenvalue weighted by molar-refractivity contribution is 5.79. The molecular weight excluding hydrogens is 444 g/mol. The maximum atomic E-state index is 13.2. The summed E-state index contributed by atoms with van der Waals surface area (Å²) < 4.78 is 11.9. The van der Waals surface area contributed by atoms with Gasteiger partial charge in [-0.05, 0) is 56.9 Å². The Hall–Kier alpha value is -0.810. The molecule has 3 saturated heterocycles. The van der Waals surface area contributed by atoms with Crippen molar-refractivity contribution in [1.82, 2.24) is 20.9 Å². The fraction of sp³-hybridized carbons (Fsp3) is 0.962. The lowest BCUT2D eigenvalue weighted by Crippen LogP contribution is -2.61. The van der Waals surface area contributed by atoms with Crippen molar-refractivity contribution in [2.45, 2.75) is 88.3 Å². The van der Waals surface area contributed by atoms with Gasteiger partial charge in [0, 0.05) is 44.1 Å². The van der Waals surface area contributed by atoms with Gasteiger partial charge in [-0.25, -0.2) is 0 Å². The van der Waals surface area contributed by atoms with Crippen molar-refractivity contribution in [3.63, 3.8) is 0 Å². The van der Waals surface area contributed by atoms with Crippen LogP contribution in [0.1, 0.15) is 57.8 Å². The quantitative estimate of drug-likeness (QED) is 0.359. The molecule has 9 nitrogen and oxygen atoms in total. The predicted octanol–water partition coefficient (Wildman–Crippen LogP) is 0.336. The summed E-state index contributed by atoms with van der Waals surface area (Å²) in [6.07, 6.45) is 10.1. The average Bonchev–Trinajstić information content (AvgIpc) is 3.06. The molecule has 2 saturated carbocycles. The Labute approximate surface area is 210 Å². The van der Waals surface area contributed by atoms with Gasteiger partial charge in [-0.1, -0.05) is 19.3 Å². The molecule has 35 heavy (non-hydrogen) atoms. The van der Waals surface area contributed by atoms with Crippen molar-refractivity contribution in [3.05, 3.63) is 0 Å². The number of rotatable bonds is 6. The second-order valence-electron chi connectivity index (χ2n) is 11.7. The van der Waals surface area contributed by atoms with Crippen LogP contribution >= 0.6 is 0 Å². The first-order valence-electron chi connectivity index (χ1n) is 14.3. The summed E-state index contributed by atoms with van der Waals surface area (Å²) in [5.41, 5.74) is 13.3. The van der Waals surface area contributed by atoms with Crippen molar-refractivity contribution in [2.24, 2.45) is 35.1 Å². The smallest absolute Gasteiger partial charge is 0.223 e. The lowest BCUT2D eigenvalue weighted by Gasteiger charge is -2.42. The molecule has 0 radical (unpaired) electrons. The molecule has 5 rings (SSSR count). The van der Waals surface area contributed by atoms with E-state index in [0.717, 1.165) is 58.3 Å². The molecular formula is C26H48N6O3. The molecule has 0 aromatic carbocycles. The first-order chi connectivity index (χ1) is 17.1. The summed E-state index contributed by atoms with van der Waals surface area (Å²) in [4.78, 5) is 15.4. The number of piperidine rings is 1. The highest BCUT2D eigenvalue weighted by Crippen LogP contribution is 2.36. The highest BCUT2D eigenvalue weighted by atomic mass is 16.5. The van der Waals surface area contributed by atoms with E-state index in [4.69, 9.17) is 20.9 Å². The number of nitrogens with zero attached hydrogens (tertiary/aromatic N) is 1. The van der Waals surface area contributed by atoms with Crippen LogP contribution in [0.15, 0.2) is 0 Å². The van der Waals surface area contributed by atoms with E-state index < -0.39 is 0 Å². The van der Waals surface area contributed by atoms with E-state index in [1.54, 1.807) is 0 Å². The molecule has 8 unspecified atom stereocenters. The van der Waals surface area contributed by atoms with Crippen LogP contribution in [0, 0.1) is 23.7 Å². The zero-order chi connectivity index (χ0) is 24.2. The van der Waals surface area contributed by atoms with Crippen LogP contribution in [0.3, 0.4) is 0 Å². The molecule has 3 heterocycles. The predicted molar refractivity (Wildman–Crippen MR) is 135 cm³/mol. The monoisotopic (exact) mass is 492 g/mol. The molecule has 7 N–H and O–H groups in total. The largest absolute Gasteiger partial charge is 0.379 e. The van der Waals surface area contributed by atoms with Crippen LogP contribution in [-0.2, 0) is 14.3 Å². The number of amides is 1. The summed E-state index contributed by atoms with van der Waals surface area (Å²) in [6.45, 7) is 5.52. The van der Waals surface area contributed by atoms with Gasteiger partial charge < -0.3 is 36.9 Å². The number of fused-ring (bicyclic) bond motifs is 2. The lowest BCUT2D eigenvalue weighted by atomic mass is 9.74. The Kier molecular flexibility index (Phi) is 8.97. The average molecular weight is 493 g/mol. The van der Waals surface area contributed by atoms with Gasteiger partial charge in [0.15, 0.2) is 0 Å². The Morgan fingerprint density at radius 2 is 1.97 bits per heavy atom. The van der Waals surface area contributed by atoms with Gasteiger partial charge in [-0.2, -0.15) is 0 Å². The molecule has 5 aliphatic rings. The van der Waals surface area contributed by atoms with Crippen LogP contribution < -0.4 is 27.4 Å². The molecule has 5 fully saturated rings. The van der Waals surface area contributed by atoms with Crippen molar-refractivity contribution in [3.8, 4) is 0 Å². The van der Waals surface area contributed by atoms with Gasteiger partial charge in [0.25, 0.3) is 0 Å². The van der Waals surface area contributed by atoms with Crippen LogP contribution in [0.5, 0.6) is 0 Å². The normalized spacial score (nSPS) is 41.8. The molecule has 0 aromatic rings. The lowest BCUT2D eigenvalue weighted by molar-refractivity contribution is -0.130. The zero-order valence-electron chi connectivity index (χ0n) is 21.3. The molecule has 9 heteroatoms. The first-order valence-corrected chi connectivity index (χ1v) is 14.3. The van der Waals surface area contributed by atoms with Gasteiger partial charge in [0.2, 0.25) is 5.91 Å². The third kappa shape index (κ3) is 6.20. The van der Waals surface area contributed by atoms with Crippen molar-refractivity contribution in [1.29, 1.82) is 0 Å².